The second-order valence-electron chi connectivity index (χ2n) is 2.95. The zero-order valence-corrected chi connectivity index (χ0v) is 9.19. The quantitative estimate of drug-likeness (QED) is 0.628. The SMILES string of the molecule is N#Cc1ncc(S(N)(=O)=O)c([N+](=O)[O-])c1C(F)F. The van der Waals surface area contributed by atoms with Crippen LogP contribution in [0.15, 0.2) is 11.1 Å². The van der Waals surface area contributed by atoms with Crippen LogP contribution in [0, 0.1) is 21.4 Å². The van der Waals surface area contributed by atoms with Gasteiger partial charge in [0.1, 0.15) is 11.6 Å². The number of nitro groups is 1. The Hall–Kier alpha value is -2.19. The second-order valence-corrected chi connectivity index (χ2v) is 4.48. The number of aromatic nitrogens is 1. The highest BCUT2D eigenvalue weighted by Crippen LogP contribution is 2.35. The van der Waals surface area contributed by atoms with E-state index >= 15 is 0 Å². The summed E-state index contributed by atoms with van der Waals surface area (Å²) in [5.41, 5.74) is -3.72. The van der Waals surface area contributed by atoms with E-state index in [4.69, 9.17) is 5.26 Å². The van der Waals surface area contributed by atoms with E-state index in [0.717, 1.165) is 0 Å². The van der Waals surface area contributed by atoms with Crippen molar-refractivity contribution in [2.24, 2.45) is 5.14 Å². The third-order valence-electron chi connectivity index (χ3n) is 1.87. The predicted octanol–water partition coefficient (Wildman–Crippen LogP) is 0.446. The van der Waals surface area contributed by atoms with Crippen LogP contribution in [0.1, 0.15) is 17.7 Å². The van der Waals surface area contributed by atoms with E-state index in [-0.39, 0.29) is 0 Å². The highest BCUT2D eigenvalue weighted by atomic mass is 32.2. The normalized spacial score (nSPS) is 11.3. The van der Waals surface area contributed by atoms with Crippen molar-refractivity contribution in [3.8, 4) is 6.07 Å². The van der Waals surface area contributed by atoms with Crippen LogP contribution in [0.2, 0.25) is 0 Å². The minimum atomic E-state index is -4.61. The van der Waals surface area contributed by atoms with Gasteiger partial charge in [-0.05, 0) is 0 Å². The lowest BCUT2D eigenvalue weighted by molar-refractivity contribution is -0.389. The van der Waals surface area contributed by atoms with Gasteiger partial charge < -0.3 is 0 Å². The van der Waals surface area contributed by atoms with Crippen LogP contribution < -0.4 is 5.14 Å². The Balaban J connectivity index is 3.87. The van der Waals surface area contributed by atoms with E-state index in [0.29, 0.717) is 6.20 Å². The molecule has 1 aromatic heterocycles. The number of nitriles is 1. The first-order chi connectivity index (χ1) is 8.20. The van der Waals surface area contributed by atoms with Crippen molar-refractivity contribution in [1.29, 1.82) is 5.26 Å². The number of nitrogens with zero attached hydrogens (tertiary/aromatic N) is 3. The molecule has 0 aliphatic carbocycles. The van der Waals surface area contributed by atoms with Crippen molar-refractivity contribution < 1.29 is 22.1 Å². The molecule has 0 aliphatic rings. The van der Waals surface area contributed by atoms with E-state index in [1.165, 1.54) is 6.07 Å². The second kappa shape index (κ2) is 4.59. The summed E-state index contributed by atoms with van der Waals surface area (Å²) in [4.78, 5) is 11.3. The van der Waals surface area contributed by atoms with Crippen LogP contribution in [0.25, 0.3) is 0 Å². The highest BCUT2D eigenvalue weighted by Gasteiger charge is 2.34. The molecule has 0 saturated carbocycles. The van der Waals surface area contributed by atoms with Crippen molar-refractivity contribution >= 4 is 15.7 Å². The van der Waals surface area contributed by atoms with Crippen LogP contribution in [0.4, 0.5) is 14.5 Å². The monoisotopic (exact) mass is 278 g/mol. The van der Waals surface area contributed by atoms with Crippen molar-refractivity contribution in [2.45, 2.75) is 11.3 Å². The Labute approximate surface area is 98.9 Å². The lowest BCUT2D eigenvalue weighted by atomic mass is 10.1. The minimum absolute atomic E-state index is 0.401. The molecule has 0 fully saturated rings. The number of alkyl halides is 2. The number of rotatable bonds is 3. The van der Waals surface area contributed by atoms with Gasteiger partial charge in [0, 0.05) is 0 Å². The molecule has 0 spiro atoms. The number of sulfonamides is 1. The van der Waals surface area contributed by atoms with Gasteiger partial charge in [0.2, 0.25) is 10.0 Å². The molecule has 18 heavy (non-hydrogen) atoms. The topological polar surface area (TPSA) is 140 Å². The van der Waals surface area contributed by atoms with E-state index in [9.17, 15) is 27.3 Å². The average Bonchev–Trinajstić information content (AvgIpc) is 2.25. The summed E-state index contributed by atoms with van der Waals surface area (Å²) in [6.45, 7) is 0. The fraction of sp³-hybridized carbons (Fsp3) is 0.143. The van der Waals surface area contributed by atoms with Crippen LogP contribution in [-0.4, -0.2) is 18.3 Å². The molecule has 0 atom stereocenters. The van der Waals surface area contributed by atoms with Gasteiger partial charge >= 0.3 is 5.69 Å². The maximum Gasteiger partial charge on any atom is 0.302 e. The van der Waals surface area contributed by atoms with Gasteiger partial charge in [-0.25, -0.2) is 27.3 Å². The molecule has 2 N–H and O–H groups in total. The maximum atomic E-state index is 12.7. The van der Waals surface area contributed by atoms with Crippen molar-refractivity contribution in [1.82, 2.24) is 4.98 Å². The number of nitrogens with two attached hydrogens (primary N) is 1. The lowest BCUT2D eigenvalue weighted by Crippen LogP contribution is -2.17. The standard InChI is InChI=1S/C7H4F2N4O4S/c8-7(9)5-3(1-10)12-2-4(18(11,16)17)6(5)13(14)15/h2,7H,(H2,11,16,17). The summed E-state index contributed by atoms with van der Waals surface area (Å²) in [6.07, 6.45) is -3.04. The molecule has 1 rings (SSSR count). The third-order valence-corrected chi connectivity index (χ3v) is 2.78. The molecule has 0 unspecified atom stereocenters. The molecule has 11 heteroatoms. The third kappa shape index (κ3) is 2.39. The van der Waals surface area contributed by atoms with Crippen molar-refractivity contribution in [2.75, 3.05) is 0 Å². The highest BCUT2D eigenvalue weighted by molar-refractivity contribution is 7.89. The summed E-state index contributed by atoms with van der Waals surface area (Å²) < 4.78 is 47.4. The molecule has 0 aliphatic heterocycles. The molecule has 1 heterocycles. The summed E-state index contributed by atoms with van der Waals surface area (Å²) in [6, 6.07) is 1.22. The molecule has 0 saturated heterocycles. The fourth-order valence-corrected chi connectivity index (χ4v) is 1.84. The zero-order chi connectivity index (χ0) is 14.1. The molecule has 96 valence electrons. The number of hydrogen-bond acceptors (Lipinski definition) is 6. The first-order valence-electron chi connectivity index (χ1n) is 4.08. The Morgan fingerprint density at radius 3 is 2.44 bits per heavy atom. The molecule has 8 nitrogen and oxygen atoms in total. The average molecular weight is 278 g/mol. The van der Waals surface area contributed by atoms with E-state index in [1.54, 1.807) is 0 Å². The van der Waals surface area contributed by atoms with Gasteiger partial charge in [-0.1, -0.05) is 0 Å². The van der Waals surface area contributed by atoms with E-state index in [1.807, 2.05) is 0 Å². The van der Waals surface area contributed by atoms with E-state index < -0.39 is 43.2 Å². The predicted molar refractivity (Wildman–Crippen MR) is 51.9 cm³/mol. The molecular weight excluding hydrogens is 274 g/mol. The van der Waals surface area contributed by atoms with Gasteiger partial charge in [-0.2, -0.15) is 5.26 Å². The number of primary sulfonamides is 1. The van der Waals surface area contributed by atoms with Crippen molar-refractivity contribution in [3.63, 3.8) is 0 Å². The Morgan fingerprint density at radius 2 is 2.11 bits per heavy atom. The summed E-state index contributed by atoms with van der Waals surface area (Å²) in [5.74, 6) is 0. The number of halogens is 2. The fourth-order valence-electron chi connectivity index (χ4n) is 1.19. The smallest absolute Gasteiger partial charge is 0.258 e. The van der Waals surface area contributed by atoms with Gasteiger partial charge in [0.05, 0.1) is 11.1 Å². The summed E-state index contributed by atoms with van der Waals surface area (Å²) in [7, 11) is -4.61. The molecule has 0 bridgehead atoms. The van der Waals surface area contributed by atoms with Gasteiger partial charge in [-0.3, -0.25) is 10.1 Å². The molecule has 0 aromatic carbocycles. The van der Waals surface area contributed by atoms with Crippen molar-refractivity contribution in [3.05, 3.63) is 27.6 Å². The van der Waals surface area contributed by atoms with E-state index in [2.05, 4.69) is 10.1 Å². The first-order valence-corrected chi connectivity index (χ1v) is 5.63. The Bertz CT molecular complexity index is 652. The Morgan fingerprint density at radius 1 is 1.56 bits per heavy atom. The van der Waals surface area contributed by atoms with Crippen LogP contribution >= 0.6 is 0 Å². The van der Waals surface area contributed by atoms with Gasteiger partial charge in [0.25, 0.3) is 6.43 Å². The van der Waals surface area contributed by atoms with Crippen LogP contribution in [0.5, 0.6) is 0 Å². The summed E-state index contributed by atoms with van der Waals surface area (Å²) >= 11 is 0. The van der Waals surface area contributed by atoms with Crippen LogP contribution in [-0.2, 0) is 10.0 Å². The Kier molecular flexibility index (Phi) is 3.54. The maximum absolute atomic E-state index is 12.7. The zero-order valence-electron chi connectivity index (χ0n) is 8.37. The minimum Gasteiger partial charge on any atom is -0.258 e. The van der Waals surface area contributed by atoms with Gasteiger partial charge in [0.15, 0.2) is 10.6 Å². The molecular formula is C7H4F2N4O4S. The lowest BCUT2D eigenvalue weighted by Gasteiger charge is -2.06. The van der Waals surface area contributed by atoms with Gasteiger partial charge in [-0.15, -0.1) is 0 Å². The number of hydrogen-bond donors (Lipinski definition) is 1. The first kappa shape index (κ1) is 13.9. The summed E-state index contributed by atoms with van der Waals surface area (Å²) in [5, 5.41) is 23.9. The molecule has 0 amide bonds. The molecule has 1 aromatic rings. The number of pyridine rings is 1. The van der Waals surface area contributed by atoms with Crippen LogP contribution in [0.3, 0.4) is 0 Å². The molecule has 0 radical (unpaired) electrons. The largest absolute Gasteiger partial charge is 0.302 e.